The van der Waals surface area contributed by atoms with E-state index in [4.69, 9.17) is 10.9 Å². The molecule has 5 heteroatoms. The van der Waals surface area contributed by atoms with Gasteiger partial charge in [0.1, 0.15) is 5.92 Å². The van der Waals surface area contributed by atoms with E-state index >= 15 is 0 Å². The van der Waals surface area contributed by atoms with Gasteiger partial charge in [0.15, 0.2) is 5.84 Å². The maximum absolute atomic E-state index is 12.4. The number of likely N-dealkylation sites (tertiary alicyclic amines) is 1. The van der Waals surface area contributed by atoms with Crippen LogP contribution >= 0.6 is 0 Å². The molecular formula is C12H21N3O2. The number of nitrogens with two attached hydrogens (primary N) is 1. The van der Waals surface area contributed by atoms with Crippen LogP contribution in [-0.2, 0) is 4.79 Å². The van der Waals surface area contributed by atoms with Crippen molar-refractivity contribution in [2.45, 2.75) is 39.2 Å². The molecular weight excluding hydrogens is 218 g/mol. The molecule has 3 atom stereocenters. The first kappa shape index (κ1) is 12.2. The van der Waals surface area contributed by atoms with Gasteiger partial charge in [-0.2, -0.15) is 0 Å². The Morgan fingerprint density at radius 3 is 2.59 bits per heavy atom. The normalized spacial score (nSPS) is 30.1. The van der Waals surface area contributed by atoms with Crippen molar-refractivity contribution in [3.8, 4) is 0 Å². The highest BCUT2D eigenvalue weighted by atomic mass is 16.4. The molecule has 0 aromatic carbocycles. The first-order chi connectivity index (χ1) is 8.04. The minimum absolute atomic E-state index is 0.0301. The summed E-state index contributed by atoms with van der Waals surface area (Å²) in [6.45, 7) is 4.70. The lowest BCUT2D eigenvalue weighted by atomic mass is 9.92. The molecule has 1 amide bonds. The number of hydrogen-bond donors (Lipinski definition) is 2. The molecule has 2 fully saturated rings. The van der Waals surface area contributed by atoms with Crippen LogP contribution in [0.4, 0.5) is 0 Å². The third-order valence-corrected chi connectivity index (χ3v) is 4.06. The van der Waals surface area contributed by atoms with Gasteiger partial charge < -0.3 is 15.8 Å². The van der Waals surface area contributed by atoms with Crippen molar-refractivity contribution in [2.75, 3.05) is 6.54 Å². The first-order valence-corrected chi connectivity index (χ1v) is 6.32. The molecule has 0 aromatic rings. The van der Waals surface area contributed by atoms with Crippen molar-refractivity contribution in [3.05, 3.63) is 0 Å². The first-order valence-electron chi connectivity index (χ1n) is 6.32. The SMILES string of the molecule is CC(C)C(C(=O)N1CC2CCC1C2)C(N)=NO. The van der Waals surface area contributed by atoms with Crippen LogP contribution in [0.25, 0.3) is 0 Å². The number of rotatable bonds is 3. The van der Waals surface area contributed by atoms with Crippen molar-refractivity contribution < 1.29 is 10.0 Å². The van der Waals surface area contributed by atoms with Gasteiger partial charge in [-0.05, 0) is 31.1 Å². The summed E-state index contributed by atoms with van der Waals surface area (Å²) in [4.78, 5) is 14.4. The number of nitrogens with zero attached hydrogens (tertiary/aromatic N) is 2. The number of carbonyl (C=O) groups is 1. The molecule has 1 heterocycles. The molecule has 2 bridgehead atoms. The Kier molecular flexibility index (Phi) is 3.26. The molecule has 1 aliphatic heterocycles. The Balaban J connectivity index is 2.12. The van der Waals surface area contributed by atoms with Gasteiger partial charge >= 0.3 is 0 Å². The lowest BCUT2D eigenvalue weighted by Gasteiger charge is -2.31. The Labute approximate surface area is 102 Å². The molecule has 2 rings (SSSR count). The predicted octanol–water partition coefficient (Wildman–Crippen LogP) is 1.02. The van der Waals surface area contributed by atoms with Crippen molar-refractivity contribution >= 4 is 11.7 Å². The average molecular weight is 239 g/mol. The summed E-state index contributed by atoms with van der Waals surface area (Å²) in [6, 6.07) is 0.389. The zero-order chi connectivity index (χ0) is 12.6. The fourth-order valence-electron chi connectivity index (χ4n) is 3.19. The number of hydrogen-bond acceptors (Lipinski definition) is 3. The summed E-state index contributed by atoms with van der Waals surface area (Å²) < 4.78 is 0. The highest BCUT2D eigenvalue weighted by Crippen LogP contribution is 2.38. The number of piperidine rings is 1. The van der Waals surface area contributed by atoms with Gasteiger partial charge in [-0.15, -0.1) is 0 Å². The van der Waals surface area contributed by atoms with Gasteiger partial charge in [0, 0.05) is 12.6 Å². The number of carbonyl (C=O) groups excluding carboxylic acids is 1. The van der Waals surface area contributed by atoms with E-state index in [0.29, 0.717) is 12.0 Å². The molecule has 17 heavy (non-hydrogen) atoms. The lowest BCUT2D eigenvalue weighted by Crippen LogP contribution is -2.47. The van der Waals surface area contributed by atoms with E-state index in [1.807, 2.05) is 18.7 Å². The molecule has 96 valence electrons. The van der Waals surface area contributed by atoms with Gasteiger partial charge in [0.2, 0.25) is 5.91 Å². The molecule has 1 saturated heterocycles. The summed E-state index contributed by atoms with van der Waals surface area (Å²) in [5.41, 5.74) is 5.64. The van der Waals surface area contributed by atoms with Crippen molar-refractivity contribution in [1.29, 1.82) is 0 Å². The standard InChI is InChI=1S/C12H21N3O2/c1-7(2)10(11(13)14-17)12(16)15-6-8-3-4-9(15)5-8/h7-10,17H,3-6H2,1-2H3,(H2,13,14). The zero-order valence-corrected chi connectivity index (χ0v) is 10.5. The summed E-state index contributed by atoms with van der Waals surface area (Å²) >= 11 is 0. The van der Waals surface area contributed by atoms with Crippen molar-refractivity contribution in [1.82, 2.24) is 4.90 Å². The minimum atomic E-state index is -0.487. The Bertz CT molecular complexity index is 341. The molecule has 2 aliphatic rings. The smallest absolute Gasteiger partial charge is 0.233 e. The van der Waals surface area contributed by atoms with Crippen LogP contribution in [0, 0.1) is 17.8 Å². The van der Waals surface area contributed by atoms with E-state index < -0.39 is 5.92 Å². The van der Waals surface area contributed by atoms with Crippen LogP contribution < -0.4 is 5.73 Å². The van der Waals surface area contributed by atoms with Crippen molar-refractivity contribution in [2.24, 2.45) is 28.6 Å². The number of fused-ring (bicyclic) bond motifs is 2. The van der Waals surface area contributed by atoms with Gasteiger partial charge in [-0.1, -0.05) is 19.0 Å². The van der Waals surface area contributed by atoms with E-state index in [2.05, 4.69) is 5.16 Å². The summed E-state index contributed by atoms with van der Waals surface area (Å²) in [6.07, 6.45) is 3.48. The second-order valence-corrected chi connectivity index (χ2v) is 5.57. The molecule has 1 saturated carbocycles. The van der Waals surface area contributed by atoms with Crippen LogP contribution in [0.3, 0.4) is 0 Å². The van der Waals surface area contributed by atoms with Crippen LogP contribution in [0.15, 0.2) is 5.16 Å². The van der Waals surface area contributed by atoms with Crippen LogP contribution in [-0.4, -0.2) is 34.4 Å². The molecule has 3 N–H and O–H groups in total. The lowest BCUT2D eigenvalue weighted by molar-refractivity contribution is -0.136. The summed E-state index contributed by atoms with van der Waals surface area (Å²) in [5, 5.41) is 11.8. The predicted molar refractivity (Wildman–Crippen MR) is 64.6 cm³/mol. The minimum Gasteiger partial charge on any atom is -0.409 e. The van der Waals surface area contributed by atoms with E-state index in [1.165, 1.54) is 6.42 Å². The quantitative estimate of drug-likeness (QED) is 0.334. The van der Waals surface area contributed by atoms with E-state index in [-0.39, 0.29) is 17.7 Å². The van der Waals surface area contributed by atoms with Crippen LogP contribution in [0.5, 0.6) is 0 Å². The molecule has 0 aromatic heterocycles. The topological polar surface area (TPSA) is 78.9 Å². The largest absolute Gasteiger partial charge is 0.409 e. The maximum Gasteiger partial charge on any atom is 0.233 e. The molecule has 1 aliphatic carbocycles. The average Bonchev–Trinajstić information content (AvgIpc) is 2.89. The van der Waals surface area contributed by atoms with Crippen molar-refractivity contribution in [3.63, 3.8) is 0 Å². The van der Waals surface area contributed by atoms with E-state index in [1.54, 1.807) is 0 Å². The number of oxime groups is 1. The number of amidine groups is 1. The number of amides is 1. The highest BCUT2D eigenvalue weighted by Gasteiger charge is 2.43. The Morgan fingerprint density at radius 2 is 2.18 bits per heavy atom. The summed E-state index contributed by atoms with van der Waals surface area (Å²) in [5.74, 6) is 0.302. The Morgan fingerprint density at radius 1 is 1.47 bits per heavy atom. The molecule has 0 radical (unpaired) electrons. The second-order valence-electron chi connectivity index (χ2n) is 5.57. The summed E-state index contributed by atoms with van der Waals surface area (Å²) in [7, 11) is 0. The van der Waals surface area contributed by atoms with Gasteiger partial charge in [0.05, 0.1) is 0 Å². The van der Waals surface area contributed by atoms with Gasteiger partial charge in [-0.25, -0.2) is 0 Å². The molecule has 5 nitrogen and oxygen atoms in total. The maximum atomic E-state index is 12.4. The van der Waals surface area contributed by atoms with Crippen LogP contribution in [0.1, 0.15) is 33.1 Å². The highest BCUT2D eigenvalue weighted by molar-refractivity contribution is 6.02. The third kappa shape index (κ3) is 2.10. The van der Waals surface area contributed by atoms with Crippen LogP contribution in [0.2, 0.25) is 0 Å². The Hall–Kier alpha value is -1.26. The van der Waals surface area contributed by atoms with Gasteiger partial charge in [0.25, 0.3) is 0 Å². The monoisotopic (exact) mass is 239 g/mol. The van der Waals surface area contributed by atoms with E-state index in [0.717, 1.165) is 19.4 Å². The molecule has 0 spiro atoms. The molecule has 3 unspecified atom stereocenters. The van der Waals surface area contributed by atoms with Gasteiger partial charge in [-0.3, -0.25) is 4.79 Å². The fraction of sp³-hybridized carbons (Fsp3) is 0.833. The third-order valence-electron chi connectivity index (χ3n) is 4.06. The second kappa shape index (κ2) is 4.55. The fourth-order valence-corrected chi connectivity index (χ4v) is 3.19. The van der Waals surface area contributed by atoms with E-state index in [9.17, 15) is 4.79 Å². The zero-order valence-electron chi connectivity index (χ0n) is 10.5.